The number of Topliss-reactive ketones (excluding diaryl/α,β-unsaturated/α-hetero) is 1. The third-order valence-electron chi connectivity index (χ3n) is 5.87. The number of nitrogens with zero attached hydrogens (tertiary/aromatic N) is 2. The predicted octanol–water partition coefficient (Wildman–Crippen LogP) is 6.42. The Bertz CT molecular complexity index is 1450. The summed E-state index contributed by atoms with van der Waals surface area (Å²) in [6.07, 6.45) is 1.58. The fourth-order valence-corrected chi connectivity index (χ4v) is 5.09. The first-order valence-electron chi connectivity index (χ1n) is 11.2. The van der Waals surface area contributed by atoms with Crippen LogP contribution in [0.15, 0.2) is 94.4 Å². The number of anilines is 1. The Balaban J connectivity index is 1.48. The zero-order valence-corrected chi connectivity index (χ0v) is 21.6. The molecule has 1 atom stereocenters. The maximum atomic E-state index is 13.2. The van der Waals surface area contributed by atoms with Gasteiger partial charge >= 0.3 is 5.91 Å². The summed E-state index contributed by atoms with van der Waals surface area (Å²) in [5, 5.41) is 13.4. The monoisotopic (exact) mass is 560 g/mol. The van der Waals surface area contributed by atoms with Gasteiger partial charge in [0, 0.05) is 21.6 Å². The number of carbonyl (C=O) groups is 2. The molecule has 3 aromatic carbocycles. The zero-order chi connectivity index (χ0) is 25.2. The summed E-state index contributed by atoms with van der Waals surface area (Å²) in [5.74, 6) is -1.10. The van der Waals surface area contributed by atoms with Gasteiger partial charge in [-0.1, -0.05) is 57.9 Å². The molecule has 0 aliphatic carbocycles. The second-order valence-electron chi connectivity index (χ2n) is 8.34. The van der Waals surface area contributed by atoms with Crippen LogP contribution in [0.25, 0.3) is 5.76 Å². The summed E-state index contributed by atoms with van der Waals surface area (Å²) < 4.78 is 6.73. The second kappa shape index (κ2) is 10.1. The third-order valence-corrected chi connectivity index (χ3v) is 7.17. The number of ketones is 1. The third kappa shape index (κ3) is 4.69. The molecule has 0 radical (unpaired) electrons. The van der Waals surface area contributed by atoms with E-state index in [1.807, 2.05) is 49.4 Å². The van der Waals surface area contributed by atoms with Crippen LogP contribution in [0.2, 0.25) is 0 Å². The minimum atomic E-state index is -0.804. The average molecular weight is 561 g/mol. The number of aromatic nitrogens is 1. The standard InChI is InChI=1S/C28H21BrN2O4S/c1-17-3-2-4-18(15-17)16-35-22-11-7-20(8-12-22)25(32)23-24(19-5-9-21(29)10-6-19)31(27(34)26(23)33)28-30-13-14-36-28/h2-15,24,32H,16H2,1H3. The molecule has 2 heterocycles. The number of aliphatic hydroxyl groups excluding tert-OH is 1. The largest absolute Gasteiger partial charge is 0.507 e. The maximum absolute atomic E-state index is 13.2. The van der Waals surface area contributed by atoms with E-state index in [1.165, 1.54) is 16.2 Å². The van der Waals surface area contributed by atoms with Crippen LogP contribution in [0.5, 0.6) is 5.75 Å². The number of aliphatic hydroxyl groups is 1. The van der Waals surface area contributed by atoms with Crippen LogP contribution in [0.3, 0.4) is 0 Å². The van der Waals surface area contributed by atoms with Crippen LogP contribution in [0, 0.1) is 6.92 Å². The van der Waals surface area contributed by atoms with Gasteiger partial charge in [0.1, 0.15) is 18.1 Å². The number of benzene rings is 3. The normalized spacial score (nSPS) is 16.9. The summed E-state index contributed by atoms with van der Waals surface area (Å²) in [5.41, 5.74) is 3.33. The molecule has 6 nitrogen and oxygen atoms in total. The fourth-order valence-electron chi connectivity index (χ4n) is 4.16. The van der Waals surface area contributed by atoms with Crippen LogP contribution < -0.4 is 9.64 Å². The van der Waals surface area contributed by atoms with Crippen LogP contribution in [-0.4, -0.2) is 21.8 Å². The van der Waals surface area contributed by atoms with Crippen LogP contribution in [0.4, 0.5) is 5.13 Å². The van der Waals surface area contributed by atoms with E-state index in [1.54, 1.807) is 35.8 Å². The quantitative estimate of drug-likeness (QED) is 0.167. The number of ether oxygens (including phenoxy) is 1. The van der Waals surface area contributed by atoms with Gasteiger partial charge < -0.3 is 9.84 Å². The summed E-state index contributed by atoms with van der Waals surface area (Å²) in [6, 6.07) is 21.4. The molecule has 1 N–H and O–H groups in total. The Morgan fingerprint density at radius 1 is 1.08 bits per heavy atom. The number of aryl methyl sites for hydroxylation is 1. The molecule has 0 bridgehead atoms. The molecule has 8 heteroatoms. The van der Waals surface area contributed by atoms with Gasteiger partial charge in [0.05, 0.1) is 11.6 Å². The minimum absolute atomic E-state index is 0.0194. The van der Waals surface area contributed by atoms with E-state index >= 15 is 0 Å². The van der Waals surface area contributed by atoms with Crippen molar-refractivity contribution in [1.82, 2.24) is 4.98 Å². The van der Waals surface area contributed by atoms with Crippen molar-refractivity contribution in [3.63, 3.8) is 0 Å². The molecule has 5 rings (SSSR count). The van der Waals surface area contributed by atoms with Crippen molar-refractivity contribution in [1.29, 1.82) is 0 Å². The lowest BCUT2D eigenvalue weighted by molar-refractivity contribution is -0.132. The Labute approximate surface area is 220 Å². The Morgan fingerprint density at radius 3 is 2.50 bits per heavy atom. The molecule has 180 valence electrons. The van der Waals surface area contributed by atoms with E-state index in [4.69, 9.17) is 4.74 Å². The smallest absolute Gasteiger partial charge is 0.301 e. The Morgan fingerprint density at radius 2 is 1.83 bits per heavy atom. The van der Waals surface area contributed by atoms with Crippen molar-refractivity contribution in [3.8, 4) is 5.75 Å². The van der Waals surface area contributed by atoms with E-state index in [0.29, 0.717) is 28.6 Å². The van der Waals surface area contributed by atoms with Crippen LogP contribution in [-0.2, 0) is 16.2 Å². The lowest BCUT2D eigenvalue weighted by Gasteiger charge is -2.23. The number of carbonyl (C=O) groups excluding carboxylic acids is 2. The first-order chi connectivity index (χ1) is 17.4. The molecule has 1 amide bonds. The number of hydrogen-bond donors (Lipinski definition) is 1. The van der Waals surface area contributed by atoms with Crippen molar-refractivity contribution in [2.24, 2.45) is 0 Å². The van der Waals surface area contributed by atoms with E-state index in [9.17, 15) is 14.7 Å². The Hall–Kier alpha value is -3.75. The predicted molar refractivity (Wildman–Crippen MR) is 143 cm³/mol. The van der Waals surface area contributed by atoms with Gasteiger partial charge in [-0.2, -0.15) is 0 Å². The molecule has 1 fully saturated rings. The zero-order valence-electron chi connectivity index (χ0n) is 19.2. The van der Waals surface area contributed by atoms with E-state index in [-0.39, 0.29) is 11.3 Å². The van der Waals surface area contributed by atoms with E-state index in [0.717, 1.165) is 15.6 Å². The second-order valence-corrected chi connectivity index (χ2v) is 10.1. The lowest BCUT2D eigenvalue weighted by atomic mass is 9.95. The highest BCUT2D eigenvalue weighted by atomic mass is 79.9. The van der Waals surface area contributed by atoms with Crippen molar-refractivity contribution in [3.05, 3.63) is 117 Å². The minimum Gasteiger partial charge on any atom is -0.507 e. The number of rotatable bonds is 6. The molecular weight excluding hydrogens is 540 g/mol. The summed E-state index contributed by atoms with van der Waals surface area (Å²) in [7, 11) is 0. The molecule has 36 heavy (non-hydrogen) atoms. The lowest BCUT2D eigenvalue weighted by Crippen LogP contribution is -2.29. The topological polar surface area (TPSA) is 79.7 Å². The van der Waals surface area contributed by atoms with Crippen LogP contribution >= 0.6 is 27.3 Å². The van der Waals surface area contributed by atoms with Crippen LogP contribution in [0.1, 0.15) is 28.3 Å². The highest BCUT2D eigenvalue weighted by molar-refractivity contribution is 9.10. The number of thiazole rings is 1. The number of halogens is 1. The molecule has 0 spiro atoms. The van der Waals surface area contributed by atoms with E-state index in [2.05, 4.69) is 27.0 Å². The van der Waals surface area contributed by atoms with Gasteiger partial charge in [0.2, 0.25) is 0 Å². The van der Waals surface area contributed by atoms with Crippen molar-refractivity contribution in [2.75, 3.05) is 4.90 Å². The van der Waals surface area contributed by atoms with Gasteiger partial charge in [-0.15, -0.1) is 11.3 Å². The van der Waals surface area contributed by atoms with Gasteiger partial charge in [-0.3, -0.25) is 14.5 Å². The molecule has 1 aromatic heterocycles. The highest BCUT2D eigenvalue weighted by Gasteiger charge is 2.47. The summed E-state index contributed by atoms with van der Waals surface area (Å²) >= 11 is 4.67. The Kier molecular flexibility index (Phi) is 6.71. The van der Waals surface area contributed by atoms with Crippen molar-refractivity contribution in [2.45, 2.75) is 19.6 Å². The number of amides is 1. The highest BCUT2D eigenvalue weighted by Crippen LogP contribution is 2.43. The van der Waals surface area contributed by atoms with Gasteiger partial charge in [0.15, 0.2) is 5.13 Å². The first-order valence-corrected chi connectivity index (χ1v) is 12.8. The fraction of sp³-hybridized carbons (Fsp3) is 0.107. The molecule has 4 aromatic rings. The summed E-state index contributed by atoms with van der Waals surface area (Å²) in [6.45, 7) is 2.44. The molecule has 1 aliphatic rings. The first kappa shape index (κ1) is 24.0. The summed E-state index contributed by atoms with van der Waals surface area (Å²) in [4.78, 5) is 31.8. The molecular formula is C28H21BrN2O4S. The van der Waals surface area contributed by atoms with Gasteiger partial charge in [0.25, 0.3) is 5.78 Å². The average Bonchev–Trinajstić information content (AvgIpc) is 3.50. The maximum Gasteiger partial charge on any atom is 0.301 e. The van der Waals surface area contributed by atoms with E-state index < -0.39 is 17.7 Å². The molecule has 1 aliphatic heterocycles. The molecule has 0 saturated carbocycles. The van der Waals surface area contributed by atoms with Gasteiger partial charge in [-0.05, 0) is 54.4 Å². The van der Waals surface area contributed by atoms with Crippen molar-refractivity contribution >= 4 is 49.8 Å². The van der Waals surface area contributed by atoms with Gasteiger partial charge in [-0.25, -0.2) is 4.98 Å². The SMILES string of the molecule is Cc1cccc(COc2ccc(C(O)=C3C(=O)C(=O)N(c4nccs4)C3c3ccc(Br)cc3)cc2)c1. The molecule has 1 saturated heterocycles. The number of hydrogen-bond acceptors (Lipinski definition) is 6. The molecule has 1 unspecified atom stereocenters. The van der Waals surface area contributed by atoms with Crippen molar-refractivity contribution < 1.29 is 19.4 Å².